The van der Waals surface area contributed by atoms with Crippen LogP contribution < -0.4 is 10.5 Å². The van der Waals surface area contributed by atoms with E-state index < -0.39 is 5.92 Å². The van der Waals surface area contributed by atoms with Crippen molar-refractivity contribution in [2.45, 2.75) is 31.7 Å². The van der Waals surface area contributed by atoms with Crippen molar-refractivity contribution < 1.29 is 13.5 Å². The summed E-state index contributed by atoms with van der Waals surface area (Å²) in [5.74, 6) is -2.09. The first-order valence-electron chi connectivity index (χ1n) is 5.99. The van der Waals surface area contributed by atoms with E-state index in [1.807, 2.05) is 6.07 Å². The Morgan fingerprint density at radius 3 is 2.78 bits per heavy atom. The summed E-state index contributed by atoms with van der Waals surface area (Å²) in [4.78, 5) is 0. The highest BCUT2D eigenvalue weighted by atomic mass is 35.5. The number of hydrogen-bond acceptors (Lipinski definition) is 2. The fourth-order valence-electron chi connectivity index (χ4n) is 2.18. The highest BCUT2D eigenvalue weighted by Gasteiger charge is 2.39. The first-order valence-corrected chi connectivity index (χ1v) is 6.37. The van der Waals surface area contributed by atoms with Crippen molar-refractivity contribution in [2.24, 2.45) is 11.7 Å². The summed E-state index contributed by atoms with van der Waals surface area (Å²) in [5, 5.41) is 0.475. The standard InChI is InChI=1S/C13H16ClF2NO/c14-11-5-9(7-17)1-2-12(11)18-8-10-3-4-13(15,16)6-10/h1-2,5,10H,3-4,6-8,17H2. The molecule has 1 saturated carbocycles. The van der Waals surface area contributed by atoms with Crippen LogP contribution in [0.25, 0.3) is 0 Å². The quantitative estimate of drug-likeness (QED) is 0.911. The molecule has 1 aliphatic rings. The Kier molecular flexibility index (Phi) is 4.07. The maximum absolute atomic E-state index is 13.0. The fourth-order valence-corrected chi connectivity index (χ4v) is 2.44. The van der Waals surface area contributed by atoms with Gasteiger partial charge in [0.25, 0.3) is 0 Å². The average molecular weight is 276 g/mol. The summed E-state index contributed by atoms with van der Waals surface area (Å²) in [6.07, 6.45) is 0.373. The number of nitrogens with two attached hydrogens (primary N) is 1. The molecule has 0 heterocycles. The predicted octanol–water partition coefficient (Wildman–Crippen LogP) is 3.61. The van der Waals surface area contributed by atoms with Crippen LogP contribution in [0.4, 0.5) is 8.78 Å². The second kappa shape index (κ2) is 5.41. The molecule has 1 aromatic rings. The van der Waals surface area contributed by atoms with E-state index in [1.165, 1.54) is 0 Å². The molecule has 100 valence electrons. The Hall–Kier alpha value is -0.870. The van der Waals surface area contributed by atoms with Crippen LogP contribution in [0.15, 0.2) is 18.2 Å². The molecular formula is C13H16ClF2NO. The van der Waals surface area contributed by atoms with E-state index in [4.69, 9.17) is 22.1 Å². The van der Waals surface area contributed by atoms with Gasteiger partial charge in [0, 0.05) is 19.4 Å². The Balaban J connectivity index is 1.91. The number of rotatable bonds is 4. The van der Waals surface area contributed by atoms with Crippen LogP contribution in [-0.4, -0.2) is 12.5 Å². The second-order valence-electron chi connectivity index (χ2n) is 4.74. The van der Waals surface area contributed by atoms with Gasteiger partial charge < -0.3 is 10.5 Å². The molecule has 1 atom stereocenters. The van der Waals surface area contributed by atoms with Gasteiger partial charge in [0.05, 0.1) is 11.6 Å². The summed E-state index contributed by atoms with van der Waals surface area (Å²) >= 11 is 6.02. The van der Waals surface area contributed by atoms with E-state index in [0.717, 1.165) is 5.56 Å². The molecule has 2 N–H and O–H groups in total. The number of alkyl halides is 2. The Morgan fingerprint density at radius 2 is 2.22 bits per heavy atom. The van der Waals surface area contributed by atoms with Crippen molar-refractivity contribution in [3.8, 4) is 5.75 Å². The maximum atomic E-state index is 13.0. The second-order valence-corrected chi connectivity index (χ2v) is 5.15. The zero-order valence-corrected chi connectivity index (χ0v) is 10.7. The number of halogens is 3. The third-order valence-electron chi connectivity index (χ3n) is 3.21. The number of benzene rings is 1. The third kappa shape index (κ3) is 3.33. The lowest BCUT2D eigenvalue weighted by Gasteiger charge is -2.13. The van der Waals surface area contributed by atoms with Crippen LogP contribution in [0.1, 0.15) is 24.8 Å². The van der Waals surface area contributed by atoms with Gasteiger partial charge in [0.1, 0.15) is 5.75 Å². The molecule has 0 bridgehead atoms. The molecule has 0 amide bonds. The van der Waals surface area contributed by atoms with Gasteiger partial charge in [-0.05, 0) is 30.0 Å². The lowest BCUT2D eigenvalue weighted by Crippen LogP contribution is -2.14. The summed E-state index contributed by atoms with van der Waals surface area (Å²) < 4.78 is 31.5. The topological polar surface area (TPSA) is 35.2 Å². The van der Waals surface area contributed by atoms with Gasteiger partial charge in [0.15, 0.2) is 0 Å². The molecule has 0 radical (unpaired) electrons. The van der Waals surface area contributed by atoms with Crippen LogP contribution in [0, 0.1) is 5.92 Å². The molecule has 0 aromatic heterocycles. The van der Waals surface area contributed by atoms with Crippen molar-refractivity contribution in [2.75, 3.05) is 6.61 Å². The highest BCUT2D eigenvalue weighted by molar-refractivity contribution is 6.32. The minimum Gasteiger partial charge on any atom is -0.492 e. The third-order valence-corrected chi connectivity index (χ3v) is 3.51. The van der Waals surface area contributed by atoms with Gasteiger partial charge in [-0.15, -0.1) is 0 Å². The van der Waals surface area contributed by atoms with Crippen molar-refractivity contribution in [1.82, 2.24) is 0 Å². The molecule has 2 rings (SSSR count). The fraction of sp³-hybridized carbons (Fsp3) is 0.538. The maximum Gasteiger partial charge on any atom is 0.248 e. The molecule has 18 heavy (non-hydrogen) atoms. The largest absolute Gasteiger partial charge is 0.492 e. The first-order chi connectivity index (χ1) is 8.50. The molecule has 2 nitrogen and oxygen atoms in total. The number of hydrogen-bond donors (Lipinski definition) is 1. The van der Waals surface area contributed by atoms with Crippen LogP contribution in [0.3, 0.4) is 0 Å². The molecule has 0 saturated heterocycles. The van der Waals surface area contributed by atoms with E-state index in [9.17, 15) is 8.78 Å². The SMILES string of the molecule is NCc1ccc(OCC2CCC(F)(F)C2)c(Cl)c1. The smallest absolute Gasteiger partial charge is 0.248 e. The monoisotopic (exact) mass is 275 g/mol. The van der Waals surface area contributed by atoms with Gasteiger partial charge in [-0.25, -0.2) is 8.78 Å². The van der Waals surface area contributed by atoms with Gasteiger partial charge in [-0.3, -0.25) is 0 Å². The van der Waals surface area contributed by atoms with Crippen LogP contribution in [-0.2, 0) is 6.54 Å². The zero-order chi connectivity index (χ0) is 13.2. The molecule has 1 fully saturated rings. The van der Waals surface area contributed by atoms with Crippen LogP contribution in [0.5, 0.6) is 5.75 Å². The van der Waals surface area contributed by atoms with Gasteiger partial charge in [-0.2, -0.15) is 0 Å². The summed E-state index contributed by atoms with van der Waals surface area (Å²) in [7, 11) is 0. The molecule has 1 aliphatic carbocycles. The highest BCUT2D eigenvalue weighted by Crippen LogP contribution is 2.39. The van der Waals surface area contributed by atoms with Gasteiger partial charge in [0.2, 0.25) is 5.92 Å². The molecule has 5 heteroatoms. The van der Waals surface area contributed by atoms with E-state index in [1.54, 1.807) is 12.1 Å². The van der Waals surface area contributed by atoms with Crippen molar-refractivity contribution in [1.29, 1.82) is 0 Å². The van der Waals surface area contributed by atoms with Crippen LogP contribution in [0.2, 0.25) is 5.02 Å². The molecular weight excluding hydrogens is 260 g/mol. The summed E-state index contributed by atoms with van der Waals surface area (Å²) in [6.45, 7) is 0.701. The Labute approximate surface area is 110 Å². The van der Waals surface area contributed by atoms with E-state index in [-0.39, 0.29) is 25.4 Å². The Bertz CT molecular complexity index is 425. The minimum atomic E-state index is -2.53. The average Bonchev–Trinajstić information content (AvgIpc) is 2.67. The van der Waals surface area contributed by atoms with Gasteiger partial charge >= 0.3 is 0 Å². The van der Waals surface area contributed by atoms with E-state index >= 15 is 0 Å². The lowest BCUT2D eigenvalue weighted by atomic mass is 10.1. The first kappa shape index (κ1) is 13.6. The van der Waals surface area contributed by atoms with E-state index in [2.05, 4.69) is 0 Å². The predicted molar refractivity (Wildman–Crippen MR) is 67.1 cm³/mol. The summed E-state index contributed by atoms with van der Waals surface area (Å²) in [5.41, 5.74) is 6.41. The summed E-state index contributed by atoms with van der Waals surface area (Å²) in [6, 6.07) is 5.29. The molecule has 0 aliphatic heterocycles. The van der Waals surface area contributed by atoms with E-state index in [0.29, 0.717) is 23.7 Å². The van der Waals surface area contributed by atoms with Gasteiger partial charge in [-0.1, -0.05) is 17.7 Å². The minimum absolute atomic E-state index is 0.0408. The zero-order valence-electron chi connectivity index (χ0n) is 9.96. The van der Waals surface area contributed by atoms with Crippen molar-refractivity contribution in [3.63, 3.8) is 0 Å². The molecule has 1 aromatic carbocycles. The lowest BCUT2D eigenvalue weighted by molar-refractivity contribution is 0.00292. The number of ether oxygens (including phenoxy) is 1. The Morgan fingerprint density at radius 1 is 1.44 bits per heavy atom. The molecule has 1 unspecified atom stereocenters. The normalized spacial score (nSPS) is 22.1. The van der Waals surface area contributed by atoms with Crippen LogP contribution >= 0.6 is 11.6 Å². The van der Waals surface area contributed by atoms with Crippen molar-refractivity contribution >= 4 is 11.6 Å². The molecule has 0 spiro atoms. The van der Waals surface area contributed by atoms with Crippen molar-refractivity contribution in [3.05, 3.63) is 28.8 Å².